The number of nitrogens with zero attached hydrogens (tertiary/aromatic N) is 1. The van der Waals surface area contributed by atoms with E-state index >= 15 is 0 Å². The Morgan fingerprint density at radius 3 is 2.59 bits per heavy atom. The summed E-state index contributed by atoms with van der Waals surface area (Å²) in [5.74, 6) is -0.301. The SMILES string of the molecule is CCCCN1C(=O)C(O)(c2ccccc2)c2cc(Cl)ccc21. The number of hydrogen-bond acceptors (Lipinski definition) is 2. The third kappa shape index (κ3) is 2.21. The van der Waals surface area contributed by atoms with Gasteiger partial charge in [0, 0.05) is 17.1 Å². The van der Waals surface area contributed by atoms with Gasteiger partial charge in [0.1, 0.15) is 0 Å². The van der Waals surface area contributed by atoms with E-state index < -0.39 is 5.60 Å². The molecule has 0 spiro atoms. The summed E-state index contributed by atoms with van der Waals surface area (Å²) < 4.78 is 0. The molecule has 3 rings (SSSR count). The van der Waals surface area contributed by atoms with Gasteiger partial charge in [-0.15, -0.1) is 0 Å². The summed E-state index contributed by atoms with van der Waals surface area (Å²) in [5, 5.41) is 11.7. The van der Waals surface area contributed by atoms with E-state index in [4.69, 9.17) is 11.6 Å². The van der Waals surface area contributed by atoms with Crippen LogP contribution in [-0.4, -0.2) is 17.6 Å². The van der Waals surface area contributed by atoms with Gasteiger partial charge in [-0.1, -0.05) is 55.3 Å². The number of aliphatic hydroxyl groups is 1. The number of anilines is 1. The molecule has 2 aromatic carbocycles. The third-order valence-electron chi connectivity index (χ3n) is 4.12. The molecule has 1 amide bonds. The first kappa shape index (κ1) is 15.1. The van der Waals surface area contributed by atoms with Gasteiger partial charge in [-0.25, -0.2) is 0 Å². The van der Waals surface area contributed by atoms with Crippen LogP contribution in [0.1, 0.15) is 30.9 Å². The summed E-state index contributed by atoms with van der Waals surface area (Å²) in [7, 11) is 0. The van der Waals surface area contributed by atoms with Crippen molar-refractivity contribution in [1.82, 2.24) is 0 Å². The quantitative estimate of drug-likeness (QED) is 0.934. The number of halogens is 1. The molecule has 1 atom stereocenters. The minimum atomic E-state index is -1.66. The van der Waals surface area contributed by atoms with Crippen molar-refractivity contribution < 1.29 is 9.90 Å². The van der Waals surface area contributed by atoms with Crippen molar-refractivity contribution in [2.75, 3.05) is 11.4 Å². The Hall–Kier alpha value is -1.84. The summed E-state index contributed by atoms with van der Waals surface area (Å²) in [6.45, 7) is 2.67. The van der Waals surface area contributed by atoms with E-state index in [1.54, 1.807) is 29.2 Å². The maximum absolute atomic E-state index is 12.9. The second-order valence-corrected chi connectivity index (χ2v) is 5.98. The Bertz CT molecular complexity index is 701. The molecule has 1 heterocycles. The molecule has 3 nitrogen and oxygen atoms in total. The predicted molar refractivity (Wildman–Crippen MR) is 88.2 cm³/mol. The molecule has 0 aliphatic carbocycles. The van der Waals surface area contributed by atoms with Crippen LogP contribution in [0, 0.1) is 0 Å². The van der Waals surface area contributed by atoms with Crippen molar-refractivity contribution in [2.24, 2.45) is 0 Å². The van der Waals surface area contributed by atoms with Crippen LogP contribution in [-0.2, 0) is 10.4 Å². The number of carbonyl (C=O) groups is 1. The van der Waals surface area contributed by atoms with Crippen molar-refractivity contribution in [2.45, 2.75) is 25.4 Å². The summed E-state index contributed by atoms with van der Waals surface area (Å²) in [6, 6.07) is 14.3. The lowest BCUT2D eigenvalue weighted by Gasteiger charge is -2.23. The normalized spacial score (nSPS) is 20.3. The Kier molecular flexibility index (Phi) is 3.94. The fourth-order valence-corrected chi connectivity index (χ4v) is 3.12. The van der Waals surface area contributed by atoms with Crippen LogP contribution in [0.5, 0.6) is 0 Å². The topological polar surface area (TPSA) is 40.5 Å². The molecule has 4 heteroatoms. The smallest absolute Gasteiger partial charge is 0.268 e. The lowest BCUT2D eigenvalue weighted by Crippen LogP contribution is -2.41. The molecule has 0 saturated carbocycles. The van der Waals surface area contributed by atoms with Gasteiger partial charge in [-0.2, -0.15) is 0 Å². The summed E-state index contributed by atoms with van der Waals surface area (Å²) in [6.07, 6.45) is 1.87. The lowest BCUT2D eigenvalue weighted by molar-refractivity contribution is -0.132. The first-order valence-corrected chi connectivity index (χ1v) is 7.86. The van der Waals surface area contributed by atoms with Crippen LogP contribution in [0.4, 0.5) is 5.69 Å². The predicted octanol–water partition coefficient (Wildman–Crippen LogP) is 3.72. The molecule has 1 unspecified atom stereocenters. The maximum atomic E-state index is 12.9. The standard InChI is InChI=1S/C18H18ClNO2/c1-2-3-11-20-16-10-9-14(19)12-15(16)18(22,17(20)21)13-7-5-4-6-8-13/h4-10,12,22H,2-3,11H2,1H3. The molecular formula is C18H18ClNO2. The van der Waals surface area contributed by atoms with Crippen molar-refractivity contribution in [3.05, 3.63) is 64.7 Å². The highest BCUT2D eigenvalue weighted by molar-refractivity contribution is 6.31. The Morgan fingerprint density at radius 2 is 1.91 bits per heavy atom. The molecule has 0 saturated heterocycles. The van der Waals surface area contributed by atoms with Crippen molar-refractivity contribution >= 4 is 23.2 Å². The lowest BCUT2D eigenvalue weighted by atomic mass is 9.87. The van der Waals surface area contributed by atoms with Crippen molar-refractivity contribution in [3.63, 3.8) is 0 Å². The van der Waals surface area contributed by atoms with Crippen LogP contribution < -0.4 is 4.90 Å². The highest BCUT2D eigenvalue weighted by atomic mass is 35.5. The second kappa shape index (κ2) is 5.75. The molecule has 0 bridgehead atoms. The van der Waals surface area contributed by atoms with Crippen LogP contribution >= 0.6 is 11.6 Å². The van der Waals surface area contributed by atoms with E-state index in [1.807, 2.05) is 24.3 Å². The van der Waals surface area contributed by atoms with Gasteiger partial charge >= 0.3 is 0 Å². The molecule has 22 heavy (non-hydrogen) atoms. The Morgan fingerprint density at radius 1 is 1.18 bits per heavy atom. The van der Waals surface area contributed by atoms with Crippen molar-refractivity contribution in [3.8, 4) is 0 Å². The highest BCUT2D eigenvalue weighted by Gasteiger charge is 2.50. The molecular weight excluding hydrogens is 298 g/mol. The van der Waals surface area contributed by atoms with E-state index in [0.29, 0.717) is 22.7 Å². The van der Waals surface area contributed by atoms with Crippen LogP contribution in [0.2, 0.25) is 5.02 Å². The third-order valence-corrected chi connectivity index (χ3v) is 4.36. The monoisotopic (exact) mass is 315 g/mol. The second-order valence-electron chi connectivity index (χ2n) is 5.55. The first-order valence-electron chi connectivity index (χ1n) is 7.49. The average molecular weight is 316 g/mol. The number of benzene rings is 2. The summed E-state index contributed by atoms with van der Waals surface area (Å²) >= 11 is 6.10. The minimum absolute atomic E-state index is 0.301. The summed E-state index contributed by atoms with van der Waals surface area (Å²) in [4.78, 5) is 14.6. The fourth-order valence-electron chi connectivity index (χ4n) is 2.95. The molecule has 1 aliphatic rings. The average Bonchev–Trinajstić information content (AvgIpc) is 2.75. The number of rotatable bonds is 4. The Balaban J connectivity index is 2.16. The highest BCUT2D eigenvalue weighted by Crippen LogP contribution is 2.45. The van der Waals surface area contributed by atoms with Gasteiger partial charge in [0.25, 0.3) is 5.91 Å². The molecule has 0 radical (unpaired) electrons. The Labute approximate surface area is 135 Å². The summed E-state index contributed by atoms with van der Waals surface area (Å²) in [5.41, 5.74) is 0.221. The largest absolute Gasteiger partial charge is 0.372 e. The number of hydrogen-bond donors (Lipinski definition) is 1. The maximum Gasteiger partial charge on any atom is 0.268 e. The van der Waals surface area contributed by atoms with E-state index in [2.05, 4.69) is 6.92 Å². The van der Waals surface area contributed by atoms with Crippen LogP contribution in [0.3, 0.4) is 0 Å². The number of amides is 1. The zero-order valence-corrected chi connectivity index (χ0v) is 13.2. The number of unbranched alkanes of at least 4 members (excludes halogenated alkanes) is 1. The molecule has 1 N–H and O–H groups in total. The first-order chi connectivity index (χ1) is 10.6. The molecule has 0 fully saturated rings. The number of carbonyl (C=O) groups excluding carboxylic acids is 1. The zero-order chi connectivity index (χ0) is 15.7. The van der Waals surface area contributed by atoms with Gasteiger partial charge in [0.15, 0.2) is 5.60 Å². The van der Waals surface area contributed by atoms with Gasteiger partial charge in [0.2, 0.25) is 0 Å². The van der Waals surface area contributed by atoms with Gasteiger partial charge in [0.05, 0.1) is 5.69 Å². The number of fused-ring (bicyclic) bond motifs is 1. The van der Waals surface area contributed by atoms with Gasteiger partial charge in [-0.3, -0.25) is 4.79 Å². The molecule has 2 aromatic rings. The van der Waals surface area contributed by atoms with Crippen LogP contribution in [0.15, 0.2) is 48.5 Å². The minimum Gasteiger partial charge on any atom is -0.372 e. The molecule has 114 valence electrons. The van der Waals surface area contributed by atoms with Gasteiger partial charge < -0.3 is 10.0 Å². The molecule has 0 aromatic heterocycles. The fraction of sp³-hybridized carbons (Fsp3) is 0.278. The zero-order valence-electron chi connectivity index (χ0n) is 12.4. The van der Waals surface area contributed by atoms with E-state index in [9.17, 15) is 9.90 Å². The van der Waals surface area contributed by atoms with Crippen molar-refractivity contribution in [1.29, 1.82) is 0 Å². The van der Waals surface area contributed by atoms with E-state index in [0.717, 1.165) is 18.5 Å². The molecule has 1 aliphatic heterocycles. The van der Waals surface area contributed by atoms with Crippen LogP contribution in [0.25, 0.3) is 0 Å². The van der Waals surface area contributed by atoms with E-state index in [-0.39, 0.29) is 5.91 Å². The van der Waals surface area contributed by atoms with E-state index in [1.165, 1.54) is 0 Å². The van der Waals surface area contributed by atoms with Gasteiger partial charge in [-0.05, 0) is 30.2 Å².